The Morgan fingerprint density at radius 3 is 2.55 bits per heavy atom. The molecule has 1 atom stereocenters. The molecule has 0 aromatic carbocycles. The molecule has 0 bridgehead atoms. The van der Waals surface area contributed by atoms with Gasteiger partial charge in [0.25, 0.3) is 17.9 Å². The Bertz CT molecular complexity index is 1060. The van der Waals surface area contributed by atoms with Crippen LogP contribution in [0.5, 0.6) is 0 Å². The first-order valence-corrected chi connectivity index (χ1v) is 9.52. The number of hydrogen-bond acceptors (Lipinski definition) is 6. The van der Waals surface area contributed by atoms with E-state index >= 15 is 0 Å². The number of fused-ring (bicyclic) bond motifs is 1. The number of hydrogen-bond donors (Lipinski definition) is 2. The number of carbonyl (C=O) groups excluding carboxylic acids is 1. The van der Waals surface area contributed by atoms with Crippen molar-refractivity contribution in [3.63, 3.8) is 0 Å². The molecule has 1 saturated heterocycles. The predicted octanol–water partition coefficient (Wildman–Crippen LogP) is -0.0603. The molecule has 4 rings (SSSR count). The third kappa shape index (κ3) is 4.07. The first-order valence-electron chi connectivity index (χ1n) is 9.52. The Balaban J connectivity index is 0.000000755. The Kier molecular flexibility index (Phi) is 5.83. The highest BCUT2D eigenvalue weighted by Crippen LogP contribution is 2.29. The van der Waals surface area contributed by atoms with Gasteiger partial charge in [-0.2, -0.15) is 0 Å². The van der Waals surface area contributed by atoms with E-state index in [1.165, 1.54) is 17.4 Å². The zero-order valence-electron chi connectivity index (χ0n) is 16.7. The number of rotatable bonds is 2. The molecule has 10 heteroatoms. The molecule has 1 aliphatic heterocycles. The van der Waals surface area contributed by atoms with Crippen LogP contribution in [0.3, 0.4) is 0 Å². The SMILES string of the molecule is Cc1cc(C(=O)N2CCN(C3CC3)CC2C)c2c(=O)[nH]c(=O)n(C)c2n1.O=CO. The van der Waals surface area contributed by atoms with E-state index in [0.717, 1.165) is 13.1 Å². The van der Waals surface area contributed by atoms with E-state index in [2.05, 4.69) is 14.9 Å². The molecule has 0 spiro atoms. The van der Waals surface area contributed by atoms with Crippen molar-refractivity contribution in [2.75, 3.05) is 19.6 Å². The normalized spacial score (nSPS) is 19.6. The average Bonchev–Trinajstić information content (AvgIpc) is 3.50. The first kappa shape index (κ1) is 20.7. The molecule has 1 amide bonds. The van der Waals surface area contributed by atoms with Gasteiger partial charge in [-0.3, -0.25) is 28.8 Å². The highest BCUT2D eigenvalue weighted by molar-refractivity contribution is 6.05. The topological polar surface area (TPSA) is 129 Å². The van der Waals surface area contributed by atoms with Crippen LogP contribution in [0, 0.1) is 6.92 Å². The van der Waals surface area contributed by atoms with Crippen molar-refractivity contribution < 1.29 is 14.7 Å². The second kappa shape index (κ2) is 8.16. The molecule has 3 heterocycles. The summed E-state index contributed by atoms with van der Waals surface area (Å²) in [6.07, 6.45) is 2.50. The number of aryl methyl sites for hydroxylation is 2. The van der Waals surface area contributed by atoms with Crippen LogP contribution >= 0.6 is 0 Å². The van der Waals surface area contributed by atoms with Crippen LogP contribution in [0.2, 0.25) is 0 Å². The minimum Gasteiger partial charge on any atom is -0.483 e. The van der Waals surface area contributed by atoms with Crippen LogP contribution in [-0.4, -0.2) is 73.5 Å². The molecule has 156 valence electrons. The van der Waals surface area contributed by atoms with E-state index in [4.69, 9.17) is 9.90 Å². The van der Waals surface area contributed by atoms with Gasteiger partial charge in [0.2, 0.25) is 0 Å². The van der Waals surface area contributed by atoms with Gasteiger partial charge < -0.3 is 10.0 Å². The maximum atomic E-state index is 13.3. The molecule has 0 radical (unpaired) electrons. The maximum Gasteiger partial charge on any atom is 0.329 e. The number of pyridine rings is 1. The largest absolute Gasteiger partial charge is 0.483 e. The third-order valence-corrected chi connectivity index (χ3v) is 5.41. The monoisotopic (exact) mass is 403 g/mol. The van der Waals surface area contributed by atoms with Gasteiger partial charge in [-0.25, -0.2) is 9.78 Å². The molecule has 29 heavy (non-hydrogen) atoms. The number of carbonyl (C=O) groups is 2. The Hall–Kier alpha value is -3.01. The summed E-state index contributed by atoms with van der Waals surface area (Å²) in [4.78, 5) is 56.8. The second-order valence-electron chi connectivity index (χ2n) is 7.51. The van der Waals surface area contributed by atoms with Crippen molar-refractivity contribution in [2.45, 2.75) is 38.8 Å². The lowest BCUT2D eigenvalue weighted by molar-refractivity contribution is -0.122. The smallest absolute Gasteiger partial charge is 0.329 e. The Morgan fingerprint density at radius 1 is 1.31 bits per heavy atom. The summed E-state index contributed by atoms with van der Waals surface area (Å²) < 4.78 is 1.27. The van der Waals surface area contributed by atoms with Crippen LogP contribution in [0.4, 0.5) is 0 Å². The standard InChI is InChI=1S/C18H23N5O3.CH2O2/c1-10-8-13(14-15(19-10)21(3)18(26)20-16(14)24)17(25)23-7-6-22(9-11(23)2)12-4-5-12;2-1-3/h8,11-12H,4-7,9H2,1-3H3,(H,20,24,26);1H,(H,2,3). The number of nitrogens with zero attached hydrogens (tertiary/aromatic N) is 4. The number of nitrogens with one attached hydrogen (secondary N) is 1. The predicted molar refractivity (Wildman–Crippen MR) is 106 cm³/mol. The fraction of sp³-hybridized carbons (Fsp3) is 0.526. The number of aromatic amines is 1. The van der Waals surface area contributed by atoms with Gasteiger partial charge in [-0.15, -0.1) is 0 Å². The van der Waals surface area contributed by atoms with Gasteiger partial charge in [0.1, 0.15) is 5.65 Å². The average molecular weight is 403 g/mol. The zero-order chi connectivity index (χ0) is 21.3. The first-order chi connectivity index (χ1) is 13.8. The molecule has 2 aromatic rings. The van der Waals surface area contributed by atoms with Gasteiger partial charge in [-0.1, -0.05) is 0 Å². The summed E-state index contributed by atoms with van der Waals surface area (Å²) in [6.45, 7) is 5.91. The van der Waals surface area contributed by atoms with Crippen molar-refractivity contribution in [3.8, 4) is 0 Å². The quantitative estimate of drug-likeness (QED) is 0.672. The van der Waals surface area contributed by atoms with Gasteiger partial charge in [0, 0.05) is 44.5 Å². The summed E-state index contributed by atoms with van der Waals surface area (Å²) in [6, 6.07) is 2.40. The van der Waals surface area contributed by atoms with Crippen molar-refractivity contribution >= 4 is 23.4 Å². The van der Waals surface area contributed by atoms with Crippen molar-refractivity contribution in [1.29, 1.82) is 0 Å². The molecule has 1 unspecified atom stereocenters. The Labute approximate surface area is 166 Å². The molecule has 1 aliphatic carbocycles. The van der Waals surface area contributed by atoms with E-state index in [1.807, 2.05) is 11.8 Å². The minimum atomic E-state index is -0.566. The summed E-state index contributed by atoms with van der Waals surface area (Å²) in [5, 5.41) is 7.07. The lowest BCUT2D eigenvalue weighted by atomic mass is 10.1. The van der Waals surface area contributed by atoms with E-state index < -0.39 is 11.2 Å². The molecule has 2 aromatic heterocycles. The van der Waals surface area contributed by atoms with Crippen LogP contribution in [-0.2, 0) is 11.8 Å². The molecular formula is C19H25N5O5. The van der Waals surface area contributed by atoms with E-state index in [1.54, 1.807) is 20.0 Å². The summed E-state index contributed by atoms with van der Waals surface area (Å²) in [5.41, 5.74) is 0.0572. The van der Waals surface area contributed by atoms with Crippen molar-refractivity contribution in [1.82, 2.24) is 24.3 Å². The summed E-state index contributed by atoms with van der Waals surface area (Å²) >= 11 is 0. The fourth-order valence-corrected chi connectivity index (χ4v) is 3.85. The molecule has 1 saturated carbocycles. The van der Waals surface area contributed by atoms with Gasteiger partial charge in [-0.05, 0) is 32.8 Å². The number of aromatic nitrogens is 3. The highest BCUT2D eigenvalue weighted by Gasteiger charge is 2.36. The summed E-state index contributed by atoms with van der Waals surface area (Å²) in [7, 11) is 1.54. The van der Waals surface area contributed by atoms with Gasteiger partial charge >= 0.3 is 5.69 Å². The molecule has 2 aliphatic rings. The van der Waals surface area contributed by atoms with Crippen LogP contribution in [0.15, 0.2) is 15.7 Å². The lowest BCUT2D eigenvalue weighted by Gasteiger charge is -2.40. The Morgan fingerprint density at radius 2 is 1.97 bits per heavy atom. The molecule has 10 nitrogen and oxygen atoms in total. The van der Waals surface area contributed by atoms with Crippen molar-refractivity contribution in [3.05, 3.63) is 38.2 Å². The maximum absolute atomic E-state index is 13.3. The molecular weight excluding hydrogens is 378 g/mol. The lowest BCUT2D eigenvalue weighted by Crippen LogP contribution is -2.54. The molecule has 2 N–H and O–H groups in total. The minimum absolute atomic E-state index is 0.0759. The second-order valence-corrected chi connectivity index (χ2v) is 7.51. The molecule has 2 fully saturated rings. The van der Waals surface area contributed by atoms with Gasteiger partial charge in [0.05, 0.1) is 10.9 Å². The number of H-pyrrole nitrogens is 1. The summed E-state index contributed by atoms with van der Waals surface area (Å²) in [5.74, 6) is -0.174. The number of carboxylic acid groups (broad SMARTS) is 1. The van der Waals surface area contributed by atoms with Gasteiger partial charge in [0.15, 0.2) is 0 Å². The number of amides is 1. The van der Waals surface area contributed by atoms with E-state index in [9.17, 15) is 14.4 Å². The zero-order valence-corrected chi connectivity index (χ0v) is 16.7. The fourth-order valence-electron chi connectivity index (χ4n) is 3.85. The van der Waals surface area contributed by atoms with E-state index in [-0.39, 0.29) is 29.5 Å². The van der Waals surface area contributed by atoms with Crippen molar-refractivity contribution in [2.24, 2.45) is 7.05 Å². The highest BCUT2D eigenvalue weighted by atomic mass is 16.3. The number of piperazine rings is 1. The van der Waals surface area contributed by atoms with Crippen LogP contribution in [0.25, 0.3) is 11.0 Å². The van der Waals surface area contributed by atoms with Crippen LogP contribution in [0.1, 0.15) is 35.8 Å². The van der Waals surface area contributed by atoms with E-state index in [0.29, 0.717) is 23.8 Å². The van der Waals surface area contributed by atoms with Crippen LogP contribution < -0.4 is 11.2 Å². The third-order valence-electron chi connectivity index (χ3n) is 5.41.